The Morgan fingerprint density at radius 1 is 1.56 bits per heavy atom. The van der Waals surface area contributed by atoms with Crippen LogP contribution in [0.15, 0.2) is 0 Å². The molecule has 5 nitrogen and oxygen atoms in total. The zero-order valence-electron chi connectivity index (χ0n) is 11.1. The van der Waals surface area contributed by atoms with Gasteiger partial charge in [-0.15, -0.1) is 0 Å². The van der Waals surface area contributed by atoms with E-state index in [4.69, 9.17) is 0 Å². The standard InChI is InChI=1S/C13H22N2O3/c1-9(2)3-4-12(17)15-11(8-16)7-10-5-6-14-13(10)18/h8-11H,3-7H2,1-2H3,(H,14,18)(H,15,17)/t10-,11-/m0/s1. The van der Waals surface area contributed by atoms with Crippen LogP contribution in [0, 0.1) is 11.8 Å². The fourth-order valence-electron chi connectivity index (χ4n) is 2.02. The summed E-state index contributed by atoms with van der Waals surface area (Å²) in [4.78, 5) is 33.9. The number of amides is 2. The number of hydrogen-bond donors (Lipinski definition) is 2. The highest BCUT2D eigenvalue weighted by Gasteiger charge is 2.27. The predicted octanol–water partition coefficient (Wildman–Crippen LogP) is 0.632. The van der Waals surface area contributed by atoms with Gasteiger partial charge in [-0.1, -0.05) is 13.8 Å². The Balaban J connectivity index is 2.34. The van der Waals surface area contributed by atoms with Crippen molar-refractivity contribution in [3.8, 4) is 0 Å². The van der Waals surface area contributed by atoms with E-state index in [1.165, 1.54) is 0 Å². The van der Waals surface area contributed by atoms with Crippen LogP contribution in [-0.4, -0.2) is 30.7 Å². The molecule has 0 aromatic carbocycles. The molecule has 2 amide bonds. The van der Waals surface area contributed by atoms with Crippen LogP contribution >= 0.6 is 0 Å². The van der Waals surface area contributed by atoms with E-state index < -0.39 is 6.04 Å². The summed E-state index contributed by atoms with van der Waals surface area (Å²) in [5, 5.41) is 5.41. The Labute approximate surface area is 108 Å². The molecule has 0 bridgehead atoms. The Hall–Kier alpha value is -1.39. The Kier molecular flexibility index (Phi) is 5.82. The normalized spacial score (nSPS) is 20.6. The average Bonchev–Trinajstić information content (AvgIpc) is 2.71. The molecule has 1 aliphatic heterocycles. The van der Waals surface area contributed by atoms with Gasteiger partial charge in [0.25, 0.3) is 0 Å². The summed E-state index contributed by atoms with van der Waals surface area (Å²) < 4.78 is 0. The van der Waals surface area contributed by atoms with E-state index in [-0.39, 0.29) is 17.7 Å². The smallest absolute Gasteiger partial charge is 0.223 e. The lowest BCUT2D eigenvalue weighted by Crippen LogP contribution is -2.38. The summed E-state index contributed by atoms with van der Waals surface area (Å²) in [5.74, 6) is 0.189. The first-order valence-electron chi connectivity index (χ1n) is 6.55. The zero-order valence-corrected chi connectivity index (χ0v) is 11.1. The van der Waals surface area contributed by atoms with E-state index in [1.54, 1.807) is 0 Å². The first-order chi connectivity index (χ1) is 8.52. The topological polar surface area (TPSA) is 75.3 Å². The first kappa shape index (κ1) is 14.7. The zero-order chi connectivity index (χ0) is 13.5. The Morgan fingerprint density at radius 3 is 2.78 bits per heavy atom. The van der Waals surface area contributed by atoms with Crippen molar-refractivity contribution in [1.29, 1.82) is 0 Å². The summed E-state index contributed by atoms with van der Waals surface area (Å²) in [6.45, 7) is 4.76. The van der Waals surface area contributed by atoms with Crippen LogP contribution in [0.4, 0.5) is 0 Å². The molecule has 1 saturated heterocycles. The maximum Gasteiger partial charge on any atom is 0.223 e. The van der Waals surface area contributed by atoms with Crippen molar-refractivity contribution >= 4 is 18.1 Å². The van der Waals surface area contributed by atoms with Gasteiger partial charge in [-0.3, -0.25) is 9.59 Å². The number of hydrogen-bond acceptors (Lipinski definition) is 3. The summed E-state index contributed by atoms with van der Waals surface area (Å²) in [5.41, 5.74) is 0. The molecule has 1 fully saturated rings. The maximum atomic E-state index is 11.6. The van der Waals surface area contributed by atoms with Crippen molar-refractivity contribution in [2.24, 2.45) is 11.8 Å². The van der Waals surface area contributed by atoms with Gasteiger partial charge in [0.2, 0.25) is 11.8 Å². The molecule has 0 unspecified atom stereocenters. The fourth-order valence-corrected chi connectivity index (χ4v) is 2.02. The highest BCUT2D eigenvalue weighted by Crippen LogP contribution is 2.15. The fraction of sp³-hybridized carbons (Fsp3) is 0.769. The second kappa shape index (κ2) is 7.13. The molecule has 0 radical (unpaired) electrons. The summed E-state index contributed by atoms with van der Waals surface area (Å²) in [6, 6.07) is -0.543. The lowest BCUT2D eigenvalue weighted by atomic mass is 9.99. The minimum absolute atomic E-state index is 0.0155. The summed E-state index contributed by atoms with van der Waals surface area (Å²) in [7, 11) is 0. The molecule has 0 aromatic heterocycles. The second-order valence-electron chi connectivity index (χ2n) is 5.25. The number of carbonyl (C=O) groups is 3. The van der Waals surface area contributed by atoms with Gasteiger partial charge in [0.05, 0.1) is 6.04 Å². The van der Waals surface area contributed by atoms with Crippen LogP contribution in [-0.2, 0) is 14.4 Å². The van der Waals surface area contributed by atoms with Crippen LogP contribution in [0.5, 0.6) is 0 Å². The third-order valence-electron chi connectivity index (χ3n) is 3.16. The third-order valence-corrected chi connectivity index (χ3v) is 3.16. The van der Waals surface area contributed by atoms with Crippen molar-refractivity contribution in [3.05, 3.63) is 0 Å². The highest BCUT2D eigenvalue weighted by atomic mass is 16.2. The first-order valence-corrected chi connectivity index (χ1v) is 6.55. The molecule has 0 saturated carbocycles. The van der Waals surface area contributed by atoms with E-state index in [9.17, 15) is 14.4 Å². The van der Waals surface area contributed by atoms with Crippen LogP contribution in [0.3, 0.4) is 0 Å². The highest BCUT2D eigenvalue weighted by molar-refractivity contribution is 5.82. The molecule has 0 aliphatic carbocycles. The Morgan fingerprint density at radius 2 is 2.28 bits per heavy atom. The van der Waals surface area contributed by atoms with Crippen molar-refractivity contribution in [2.75, 3.05) is 6.54 Å². The van der Waals surface area contributed by atoms with Gasteiger partial charge in [0, 0.05) is 18.9 Å². The molecule has 1 heterocycles. The largest absolute Gasteiger partial charge is 0.356 e. The lowest BCUT2D eigenvalue weighted by Gasteiger charge is -2.15. The minimum atomic E-state index is -0.543. The molecule has 102 valence electrons. The second-order valence-corrected chi connectivity index (χ2v) is 5.25. The minimum Gasteiger partial charge on any atom is -0.356 e. The molecule has 2 atom stereocenters. The maximum absolute atomic E-state index is 11.6. The number of rotatable bonds is 7. The van der Waals surface area contributed by atoms with Crippen molar-refractivity contribution < 1.29 is 14.4 Å². The van der Waals surface area contributed by atoms with Gasteiger partial charge >= 0.3 is 0 Å². The van der Waals surface area contributed by atoms with Crippen molar-refractivity contribution in [1.82, 2.24) is 10.6 Å². The van der Waals surface area contributed by atoms with Crippen LogP contribution in [0.2, 0.25) is 0 Å². The molecule has 18 heavy (non-hydrogen) atoms. The average molecular weight is 254 g/mol. The predicted molar refractivity (Wildman–Crippen MR) is 67.8 cm³/mol. The van der Waals surface area contributed by atoms with Gasteiger partial charge in [-0.05, 0) is 25.2 Å². The van der Waals surface area contributed by atoms with Gasteiger partial charge < -0.3 is 15.4 Å². The van der Waals surface area contributed by atoms with Crippen molar-refractivity contribution in [3.63, 3.8) is 0 Å². The van der Waals surface area contributed by atoms with E-state index >= 15 is 0 Å². The van der Waals surface area contributed by atoms with Crippen molar-refractivity contribution in [2.45, 2.75) is 45.6 Å². The van der Waals surface area contributed by atoms with E-state index in [2.05, 4.69) is 10.6 Å². The summed E-state index contributed by atoms with van der Waals surface area (Å²) in [6.07, 6.45) is 3.10. The molecular weight excluding hydrogens is 232 g/mol. The molecule has 5 heteroatoms. The molecule has 1 aliphatic rings. The Bertz CT molecular complexity index is 315. The summed E-state index contributed by atoms with van der Waals surface area (Å²) >= 11 is 0. The monoisotopic (exact) mass is 254 g/mol. The van der Waals surface area contributed by atoms with Crippen LogP contribution < -0.4 is 10.6 Å². The van der Waals surface area contributed by atoms with E-state index in [1.807, 2.05) is 13.8 Å². The third kappa shape index (κ3) is 4.85. The van der Waals surface area contributed by atoms with Gasteiger partial charge in [0.1, 0.15) is 6.29 Å². The van der Waals surface area contributed by atoms with Gasteiger partial charge in [0.15, 0.2) is 0 Å². The lowest BCUT2D eigenvalue weighted by molar-refractivity contribution is -0.126. The number of carbonyl (C=O) groups excluding carboxylic acids is 3. The number of nitrogens with one attached hydrogen (secondary N) is 2. The van der Waals surface area contributed by atoms with Crippen LogP contribution in [0.25, 0.3) is 0 Å². The molecule has 0 aromatic rings. The quantitative estimate of drug-likeness (QED) is 0.654. The molecule has 1 rings (SSSR count). The van der Waals surface area contributed by atoms with E-state index in [0.29, 0.717) is 25.3 Å². The molecule has 2 N–H and O–H groups in total. The van der Waals surface area contributed by atoms with Gasteiger partial charge in [-0.25, -0.2) is 0 Å². The molecular formula is C13H22N2O3. The van der Waals surface area contributed by atoms with E-state index in [0.717, 1.165) is 19.1 Å². The van der Waals surface area contributed by atoms with Gasteiger partial charge in [-0.2, -0.15) is 0 Å². The van der Waals surface area contributed by atoms with Crippen LogP contribution in [0.1, 0.15) is 39.5 Å². The number of aldehydes is 1. The SMILES string of the molecule is CC(C)CCC(=O)N[C@H](C=O)C[C@@H]1CCNC1=O. The molecule has 0 spiro atoms.